The van der Waals surface area contributed by atoms with Crippen molar-refractivity contribution in [3.63, 3.8) is 0 Å². The monoisotopic (exact) mass is 235 g/mol. The van der Waals surface area contributed by atoms with Crippen molar-refractivity contribution in [2.75, 3.05) is 0 Å². The lowest BCUT2D eigenvalue weighted by molar-refractivity contribution is -0.110. The van der Waals surface area contributed by atoms with E-state index in [2.05, 4.69) is 5.18 Å². The number of nitrogens with zero attached hydrogens (tertiary/aromatic N) is 1. The maximum Gasteiger partial charge on any atom is 0.178 e. The lowest BCUT2D eigenvalue weighted by Gasteiger charge is -2.35. The molecule has 1 aliphatic rings. The Morgan fingerprint density at radius 3 is 1.53 bits per heavy atom. The van der Waals surface area contributed by atoms with Crippen molar-refractivity contribution in [3.05, 3.63) is 28.2 Å². The second-order valence-electron chi connectivity index (χ2n) is 6.61. The molecule has 3 heteroatoms. The van der Waals surface area contributed by atoms with Gasteiger partial charge in [0, 0.05) is 0 Å². The molecule has 0 saturated carbocycles. The van der Waals surface area contributed by atoms with Crippen LogP contribution in [0.15, 0.2) is 28.5 Å². The van der Waals surface area contributed by atoms with Crippen LogP contribution in [0.1, 0.15) is 41.5 Å². The molecular formula is C14H21NO2. The summed E-state index contributed by atoms with van der Waals surface area (Å²) in [6.07, 6.45) is 3.11. The van der Waals surface area contributed by atoms with Crippen molar-refractivity contribution in [3.8, 4) is 0 Å². The molecule has 0 aromatic heterocycles. The number of hydrogen-bond donors (Lipinski definition) is 0. The third kappa shape index (κ3) is 2.90. The average molecular weight is 235 g/mol. The van der Waals surface area contributed by atoms with Gasteiger partial charge in [0.15, 0.2) is 5.78 Å². The smallest absolute Gasteiger partial charge is 0.178 e. The van der Waals surface area contributed by atoms with Gasteiger partial charge in [0.2, 0.25) is 0 Å². The van der Waals surface area contributed by atoms with Gasteiger partial charge in [0.1, 0.15) is 6.04 Å². The van der Waals surface area contributed by atoms with E-state index in [0.717, 1.165) is 11.1 Å². The molecule has 0 bridgehead atoms. The Balaban J connectivity index is 3.30. The van der Waals surface area contributed by atoms with Gasteiger partial charge in [-0.1, -0.05) is 46.7 Å². The van der Waals surface area contributed by atoms with Crippen LogP contribution in [0.25, 0.3) is 0 Å². The summed E-state index contributed by atoms with van der Waals surface area (Å²) >= 11 is 0. The van der Waals surface area contributed by atoms with E-state index in [0.29, 0.717) is 0 Å². The molecular weight excluding hydrogens is 214 g/mol. The highest BCUT2D eigenvalue weighted by atomic mass is 16.3. The molecule has 1 aliphatic carbocycles. The third-order valence-corrected chi connectivity index (χ3v) is 3.02. The topological polar surface area (TPSA) is 46.5 Å². The zero-order chi connectivity index (χ0) is 13.4. The summed E-state index contributed by atoms with van der Waals surface area (Å²) in [6.45, 7) is 12.0. The number of hydrogen-bond acceptors (Lipinski definition) is 3. The highest BCUT2D eigenvalue weighted by molar-refractivity contribution is 6.02. The first-order chi connectivity index (χ1) is 7.57. The molecule has 0 aromatic carbocycles. The third-order valence-electron chi connectivity index (χ3n) is 3.02. The molecule has 0 atom stereocenters. The molecule has 0 N–H and O–H groups in total. The number of nitroso groups, excluding NO2 is 1. The summed E-state index contributed by atoms with van der Waals surface area (Å²) < 4.78 is 0. The van der Waals surface area contributed by atoms with E-state index in [-0.39, 0.29) is 16.6 Å². The molecule has 0 aromatic rings. The summed E-state index contributed by atoms with van der Waals surface area (Å²) in [5.41, 5.74) is 1.17. The maximum absolute atomic E-state index is 11.7. The highest BCUT2D eigenvalue weighted by Gasteiger charge is 2.37. The summed E-state index contributed by atoms with van der Waals surface area (Å²) in [6, 6.07) is -0.507. The van der Waals surface area contributed by atoms with Gasteiger partial charge in [-0.05, 0) is 34.1 Å². The molecule has 0 heterocycles. The Morgan fingerprint density at radius 2 is 1.29 bits per heavy atom. The van der Waals surface area contributed by atoms with Crippen LogP contribution < -0.4 is 0 Å². The minimum atomic E-state index is -0.507. The Kier molecular flexibility index (Phi) is 3.42. The Bertz CT molecular complexity index is 369. The van der Waals surface area contributed by atoms with Gasteiger partial charge < -0.3 is 0 Å². The first kappa shape index (κ1) is 13.8. The number of carbonyl (C=O) groups is 1. The lowest BCUT2D eigenvalue weighted by atomic mass is 9.70. The average Bonchev–Trinajstić information content (AvgIpc) is 2.13. The molecule has 94 valence electrons. The number of rotatable bonds is 1. The lowest BCUT2D eigenvalue weighted by Crippen LogP contribution is -2.32. The van der Waals surface area contributed by atoms with E-state index < -0.39 is 6.04 Å². The van der Waals surface area contributed by atoms with Crippen molar-refractivity contribution in [1.29, 1.82) is 0 Å². The summed E-state index contributed by atoms with van der Waals surface area (Å²) in [5, 5.41) is 3.24. The van der Waals surface area contributed by atoms with Gasteiger partial charge in [-0.15, -0.1) is 4.91 Å². The molecule has 0 fully saturated rings. The second-order valence-corrected chi connectivity index (χ2v) is 6.61. The number of ketones is 1. The largest absolute Gasteiger partial charge is 0.290 e. The van der Waals surface area contributed by atoms with E-state index in [1.807, 2.05) is 41.5 Å². The summed E-state index contributed by atoms with van der Waals surface area (Å²) in [4.78, 5) is 22.9. The minimum Gasteiger partial charge on any atom is -0.290 e. The molecule has 0 aliphatic heterocycles. The molecule has 0 spiro atoms. The number of carbonyl (C=O) groups excluding carboxylic acids is 1. The Labute approximate surface area is 103 Å². The van der Waals surface area contributed by atoms with Gasteiger partial charge in [-0.25, -0.2) is 0 Å². The quantitative estimate of drug-likeness (QED) is 0.651. The SMILES string of the molecule is CC(C)(C)C1=CC(=O)C=C(C(C)(C)C)C1N=O. The highest BCUT2D eigenvalue weighted by Crippen LogP contribution is 2.41. The zero-order valence-corrected chi connectivity index (χ0v) is 11.5. The van der Waals surface area contributed by atoms with Crippen LogP contribution in [0.2, 0.25) is 0 Å². The van der Waals surface area contributed by atoms with Gasteiger partial charge in [-0.2, -0.15) is 0 Å². The summed E-state index contributed by atoms with van der Waals surface area (Å²) in [5.74, 6) is -0.0419. The van der Waals surface area contributed by atoms with Crippen molar-refractivity contribution < 1.29 is 4.79 Å². The molecule has 0 amide bonds. The fourth-order valence-corrected chi connectivity index (χ4v) is 2.04. The Hall–Kier alpha value is -1.25. The second kappa shape index (κ2) is 4.21. The van der Waals surface area contributed by atoms with E-state index in [9.17, 15) is 9.70 Å². The number of allylic oxidation sites excluding steroid dienone is 2. The normalized spacial score (nSPS) is 18.8. The van der Waals surface area contributed by atoms with E-state index in [1.165, 1.54) is 0 Å². The maximum atomic E-state index is 11.7. The molecule has 0 saturated heterocycles. The van der Waals surface area contributed by atoms with Gasteiger partial charge in [0.25, 0.3) is 0 Å². The van der Waals surface area contributed by atoms with Crippen LogP contribution >= 0.6 is 0 Å². The Morgan fingerprint density at radius 1 is 0.941 bits per heavy atom. The van der Waals surface area contributed by atoms with Crippen LogP contribution in [0.3, 0.4) is 0 Å². The standard InChI is InChI=1S/C14H21NO2/c1-13(2,3)10-7-9(16)8-11(12(10)15-17)14(4,5)6/h7-8,12H,1-6H3. The molecule has 0 unspecified atom stereocenters. The summed E-state index contributed by atoms with van der Waals surface area (Å²) in [7, 11) is 0. The fourth-order valence-electron chi connectivity index (χ4n) is 2.04. The van der Waals surface area contributed by atoms with E-state index in [4.69, 9.17) is 0 Å². The first-order valence-corrected chi connectivity index (χ1v) is 5.88. The van der Waals surface area contributed by atoms with Crippen LogP contribution in [-0.2, 0) is 4.79 Å². The zero-order valence-electron chi connectivity index (χ0n) is 11.5. The molecule has 17 heavy (non-hydrogen) atoms. The van der Waals surface area contributed by atoms with Crippen molar-refractivity contribution in [2.45, 2.75) is 47.6 Å². The van der Waals surface area contributed by atoms with E-state index >= 15 is 0 Å². The molecule has 3 nitrogen and oxygen atoms in total. The van der Waals surface area contributed by atoms with Crippen LogP contribution in [0.4, 0.5) is 0 Å². The van der Waals surface area contributed by atoms with Crippen molar-refractivity contribution in [2.24, 2.45) is 16.0 Å². The van der Waals surface area contributed by atoms with Crippen LogP contribution in [-0.4, -0.2) is 11.8 Å². The van der Waals surface area contributed by atoms with Crippen molar-refractivity contribution in [1.82, 2.24) is 0 Å². The van der Waals surface area contributed by atoms with E-state index in [1.54, 1.807) is 12.2 Å². The molecule has 0 radical (unpaired) electrons. The predicted octanol–water partition coefficient (Wildman–Crippen LogP) is 3.65. The minimum absolute atomic E-state index is 0.0419. The fraction of sp³-hybridized carbons (Fsp3) is 0.643. The van der Waals surface area contributed by atoms with Crippen LogP contribution in [0.5, 0.6) is 0 Å². The van der Waals surface area contributed by atoms with Gasteiger partial charge in [-0.3, -0.25) is 4.79 Å². The molecule has 1 rings (SSSR count). The predicted molar refractivity (Wildman–Crippen MR) is 69.7 cm³/mol. The van der Waals surface area contributed by atoms with Gasteiger partial charge >= 0.3 is 0 Å². The van der Waals surface area contributed by atoms with Gasteiger partial charge in [0.05, 0.1) is 0 Å². The first-order valence-electron chi connectivity index (χ1n) is 5.88. The van der Waals surface area contributed by atoms with Crippen molar-refractivity contribution >= 4 is 5.78 Å². The van der Waals surface area contributed by atoms with Crippen LogP contribution in [0, 0.1) is 15.7 Å².